The molecule has 5 nitrogen and oxygen atoms in total. The predicted octanol–water partition coefficient (Wildman–Crippen LogP) is -0.169. The smallest absolute Gasteiger partial charge is 0.333 e. The maximum absolute atomic E-state index is 11.0. The first-order valence-corrected chi connectivity index (χ1v) is 4.84. The number of esters is 1. The van der Waals surface area contributed by atoms with Gasteiger partial charge in [-0.3, -0.25) is 4.79 Å². The molecule has 0 fully saturated rings. The summed E-state index contributed by atoms with van der Waals surface area (Å²) in [6.45, 7) is 4.87. The fourth-order valence-corrected chi connectivity index (χ4v) is 0.915. The quantitative estimate of drug-likeness (QED) is 0.366. The Bertz CT molecular complexity index is 249. The highest BCUT2D eigenvalue weighted by Crippen LogP contribution is 1.93. The summed E-state index contributed by atoms with van der Waals surface area (Å²) >= 11 is 0. The summed E-state index contributed by atoms with van der Waals surface area (Å²) in [5.41, 5.74) is 0.529. The van der Waals surface area contributed by atoms with E-state index in [2.05, 4.69) is 15.4 Å². The number of methoxy groups -OCH3 is 1. The van der Waals surface area contributed by atoms with E-state index < -0.39 is 0 Å². The normalized spacial score (nSPS) is 11.0. The molecule has 86 valence electrons. The zero-order valence-corrected chi connectivity index (χ0v) is 9.42. The molecule has 0 unspecified atom stereocenters. The van der Waals surface area contributed by atoms with E-state index in [9.17, 15) is 9.59 Å². The van der Waals surface area contributed by atoms with Crippen LogP contribution in [0.2, 0.25) is 0 Å². The summed E-state index contributed by atoms with van der Waals surface area (Å²) < 4.78 is 4.51. The minimum Gasteiger partial charge on any atom is -0.466 e. The van der Waals surface area contributed by atoms with Crippen molar-refractivity contribution in [1.82, 2.24) is 10.6 Å². The van der Waals surface area contributed by atoms with Crippen LogP contribution in [0.15, 0.2) is 11.6 Å². The van der Waals surface area contributed by atoms with Gasteiger partial charge in [0.05, 0.1) is 13.7 Å². The molecule has 0 aliphatic heterocycles. The SMILES string of the molecule is CCNC(=O)CNC/C=C(/C)C(=O)OC. The molecular formula is C10H18N2O3. The summed E-state index contributed by atoms with van der Waals surface area (Å²) in [6.07, 6.45) is 1.69. The molecule has 15 heavy (non-hydrogen) atoms. The van der Waals surface area contributed by atoms with Gasteiger partial charge in [0.1, 0.15) is 0 Å². The van der Waals surface area contributed by atoms with Crippen molar-refractivity contribution in [2.45, 2.75) is 13.8 Å². The van der Waals surface area contributed by atoms with E-state index in [1.54, 1.807) is 13.0 Å². The van der Waals surface area contributed by atoms with Crippen molar-refractivity contribution in [3.8, 4) is 0 Å². The predicted molar refractivity (Wildman–Crippen MR) is 57.3 cm³/mol. The fraction of sp³-hybridized carbons (Fsp3) is 0.600. The first-order valence-electron chi connectivity index (χ1n) is 4.84. The Morgan fingerprint density at radius 2 is 2.07 bits per heavy atom. The molecule has 0 bridgehead atoms. The Hall–Kier alpha value is -1.36. The van der Waals surface area contributed by atoms with Crippen molar-refractivity contribution >= 4 is 11.9 Å². The average Bonchev–Trinajstić information content (AvgIpc) is 2.23. The third-order valence-electron chi connectivity index (χ3n) is 1.72. The van der Waals surface area contributed by atoms with Gasteiger partial charge in [-0.25, -0.2) is 4.79 Å². The highest BCUT2D eigenvalue weighted by atomic mass is 16.5. The van der Waals surface area contributed by atoms with Crippen molar-refractivity contribution in [3.05, 3.63) is 11.6 Å². The summed E-state index contributed by atoms with van der Waals surface area (Å²) in [6, 6.07) is 0. The number of ether oxygens (including phenoxy) is 1. The highest BCUT2D eigenvalue weighted by molar-refractivity contribution is 5.87. The van der Waals surface area contributed by atoms with Crippen LogP contribution in [-0.4, -0.2) is 38.6 Å². The molecule has 5 heteroatoms. The second kappa shape index (κ2) is 7.99. The number of likely N-dealkylation sites (N-methyl/N-ethyl adjacent to an activating group) is 1. The van der Waals surface area contributed by atoms with Gasteiger partial charge in [-0.05, 0) is 13.8 Å². The van der Waals surface area contributed by atoms with E-state index in [0.29, 0.717) is 18.7 Å². The standard InChI is InChI=1S/C10H18N2O3/c1-4-12-9(13)7-11-6-5-8(2)10(14)15-3/h5,11H,4,6-7H2,1-3H3,(H,12,13)/b8-5-. The van der Waals surface area contributed by atoms with Crippen molar-refractivity contribution < 1.29 is 14.3 Å². The number of carbonyl (C=O) groups excluding carboxylic acids is 2. The van der Waals surface area contributed by atoms with Gasteiger partial charge in [-0.2, -0.15) is 0 Å². The Kier molecular flexibility index (Phi) is 7.27. The molecular weight excluding hydrogens is 196 g/mol. The summed E-state index contributed by atoms with van der Waals surface area (Å²) in [5, 5.41) is 5.54. The number of amides is 1. The van der Waals surface area contributed by atoms with Crippen LogP contribution in [0, 0.1) is 0 Å². The minimum absolute atomic E-state index is 0.0541. The molecule has 0 aliphatic carbocycles. The van der Waals surface area contributed by atoms with Gasteiger partial charge >= 0.3 is 5.97 Å². The Balaban J connectivity index is 3.69. The molecule has 0 atom stereocenters. The summed E-state index contributed by atoms with van der Waals surface area (Å²) in [5.74, 6) is -0.406. The van der Waals surface area contributed by atoms with Crippen molar-refractivity contribution in [2.75, 3.05) is 26.7 Å². The van der Waals surface area contributed by atoms with Crippen LogP contribution in [0.1, 0.15) is 13.8 Å². The van der Waals surface area contributed by atoms with Gasteiger partial charge in [0.2, 0.25) is 5.91 Å². The van der Waals surface area contributed by atoms with Crippen molar-refractivity contribution in [3.63, 3.8) is 0 Å². The molecule has 0 heterocycles. The van der Waals surface area contributed by atoms with Crippen LogP contribution in [0.25, 0.3) is 0 Å². The lowest BCUT2D eigenvalue weighted by atomic mass is 10.3. The molecule has 0 saturated heterocycles. The molecule has 0 aliphatic rings. The largest absolute Gasteiger partial charge is 0.466 e. The van der Waals surface area contributed by atoms with Crippen molar-refractivity contribution in [2.24, 2.45) is 0 Å². The van der Waals surface area contributed by atoms with E-state index in [-0.39, 0.29) is 18.4 Å². The van der Waals surface area contributed by atoms with E-state index in [4.69, 9.17) is 0 Å². The van der Waals surface area contributed by atoms with Crippen LogP contribution in [0.3, 0.4) is 0 Å². The topological polar surface area (TPSA) is 67.4 Å². The van der Waals surface area contributed by atoms with E-state index >= 15 is 0 Å². The third-order valence-corrected chi connectivity index (χ3v) is 1.72. The Labute approximate surface area is 89.9 Å². The Morgan fingerprint density at radius 3 is 2.60 bits per heavy atom. The first kappa shape index (κ1) is 13.6. The zero-order valence-electron chi connectivity index (χ0n) is 9.42. The summed E-state index contributed by atoms with van der Waals surface area (Å²) in [7, 11) is 1.34. The van der Waals surface area contributed by atoms with Gasteiger partial charge < -0.3 is 15.4 Å². The van der Waals surface area contributed by atoms with Crippen LogP contribution in [-0.2, 0) is 14.3 Å². The highest BCUT2D eigenvalue weighted by Gasteiger charge is 2.01. The second-order valence-corrected chi connectivity index (χ2v) is 2.96. The van der Waals surface area contributed by atoms with Crippen LogP contribution in [0.4, 0.5) is 0 Å². The van der Waals surface area contributed by atoms with E-state index in [1.165, 1.54) is 7.11 Å². The molecule has 0 aromatic carbocycles. The van der Waals surface area contributed by atoms with Crippen LogP contribution >= 0.6 is 0 Å². The van der Waals surface area contributed by atoms with Gasteiger partial charge in [0.15, 0.2) is 0 Å². The molecule has 0 saturated carbocycles. The van der Waals surface area contributed by atoms with Gasteiger partial charge in [0.25, 0.3) is 0 Å². The molecule has 2 N–H and O–H groups in total. The lowest BCUT2D eigenvalue weighted by molar-refractivity contribution is -0.136. The molecule has 0 spiro atoms. The maximum atomic E-state index is 11.0. The first-order chi connectivity index (χ1) is 7.11. The molecule has 0 aromatic rings. The van der Waals surface area contributed by atoms with Crippen molar-refractivity contribution in [1.29, 1.82) is 0 Å². The maximum Gasteiger partial charge on any atom is 0.333 e. The number of carbonyl (C=O) groups is 2. The minimum atomic E-state index is -0.352. The molecule has 0 rings (SSSR count). The van der Waals surface area contributed by atoms with E-state index in [1.807, 2.05) is 6.92 Å². The zero-order chi connectivity index (χ0) is 11.7. The summed E-state index contributed by atoms with van der Waals surface area (Å²) in [4.78, 5) is 21.9. The van der Waals surface area contributed by atoms with Gasteiger partial charge in [-0.15, -0.1) is 0 Å². The number of hydrogen-bond donors (Lipinski definition) is 2. The monoisotopic (exact) mass is 214 g/mol. The Morgan fingerprint density at radius 1 is 1.40 bits per heavy atom. The number of hydrogen-bond acceptors (Lipinski definition) is 4. The number of rotatable bonds is 6. The molecule has 1 amide bonds. The third kappa shape index (κ3) is 6.68. The van der Waals surface area contributed by atoms with Gasteiger partial charge in [-0.1, -0.05) is 6.08 Å². The van der Waals surface area contributed by atoms with E-state index in [0.717, 1.165) is 0 Å². The fourth-order valence-electron chi connectivity index (χ4n) is 0.915. The average molecular weight is 214 g/mol. The number of nitrogens with one attached hydrogen (secondary N) is 2. The van der Waals surface area contributed by atoms with Crippen LogP contribution in [0.5, 0.6) is 0 Å². The van der Waals surface area contributed by atoms with Gasteiger partial charge in [0, 0.05) is 18.7 Å². The lowest BCUT2D eigenvalue weighted by Gasteiger charge is -2.03. The van der Waals surface area contributed by atoms with Crippen LogP contribution < -0.4 is 10.6 Å². The lowest BCUT2D eigenvalue weighted by Crippen LogP contribution is -2.33. The second-order valence-electron chi connectivity index (χ2n) is 2.96. The molecule has 0 radical (unpaired) electrons. The molecule has 0 aromatic heterocycles.